The summed E-state index contributed by atoms with van der Waals surface area (Å²) < 4.78 is 10.0. The van der Waals surface area contributed by atoms with Crippen molar-refractivity contribution >= 4 is 23.7 Å². The van der Waals surface area contributed by atoms with Crippen LogP contribution in [-0.2, 0) is 14.3 Å². The summed E-state index contributed by atoms with van der Waals surface area (Å²) in [7, 11) is 1.34. The van der Waals surface area contributed by atoms with Gasteiger partial charge in [-0.05, 0) is 61.2 Å². The molecule has 1 unspecified atom stereocenters. The number of carbonyl (C=O) groups excluding carboxylic acids is 3. The van der Waals surface area contributed by atoms with Crippen molar-refractivity contribution < 1.29 is 23.9 Å². The molecular weight excluding hydrogens is 384 g/mol. The maximum Gasteiger partial charge on any atom is 0.407 e. The monoisotopic (exact) mass is 410 g/mol. The maximum atomic E-state index is 12.2. The average molecular weight is 410 g/mol. The van der Waals surface area contributed by atoms with E-state index in [1.807, 2.05) is 24.3 Å². The zero-order valence-electron chi connectivity index (χ0n) is 17.6. The Morgan fingerprint density at radius 3 is 2.50 bits per heavy atom. The number of carbonyl (C=O) groups is 3. The highest BCUT2D eigenvalue weighted by molar-refractivity contribution is 5.94. The minimum atomic E-state index is -0.490. The number of rotatable bonds is 4. The second-order valence-corrected chi connectivity index (χ2v) is 7.46. The third-order valence-corrected chi connectivity index (χ3v) is 4.97. The molecule has 7 heteroatoms. The van der Waals surface area contributed by atoms with E-state index >= 15 is 0 Å². The number of fused-ring (bicyclic) bond motifs is 1. The predicted octanol–water partition coefficient (Wildman–Crippen LogP) is 4.07. The number of amides is 2. The Hall–Kier alpha value is -3.35. The Morgan fingerprint density at radius 2 is 1.83 bits per heavy atom. The lowest BCUT2D eigenvalue weighted by molar-refractivity contribution is -0.116. The Bertz CT molecular complexity index is 970. The largest absolute Gasteiger partial charge is 0.465 e. The quantitative estimate of drug-likeness (QED) is 0.768. The van der Waals surface area contributed by atoms with Gasteiger partial charge in [-0.25, -0.2) is 9.59 Å². The van der Waals surface area contributed by atoms with Gasteiger partial charge in [-0.15, -0.1) is 0 Å². The van der Waals surface area contributed by atoms with Crippen LogP contribution in [0.15, 0.2) is 42.5 Å². The Morgan fingerprint density at radius 1 is 1.10 bits per heavy atom. The molecule has 0 aliphatic carbocycles. The first kappa shape index (κ1) is 21.4. The first-order valence-corrected chi connectivity index (χ1v) is 9.88. The van der Waals surface area contributed by atoms with Crippen LogP contribution in [0.2, 0.25) is 0 Å². The molecule has 0 saturated carbocycles. The molecule has 1 aliphatic rings. The van der Waals surface area contributed by atoms with E-state index in [1.165, 1.54) is 14.0 Å². The summed E-state index contributed by atoms with van der Waals surface area (Å²) in [5, 5.41) is 2.91. The summed E-state index contributed by atoms with van der Waals surface area (Å²) in [5.41, 5.74) is 3.75. The molecule has 1 heterocycles. The van der Waals surface area contributed by atoms with Crippen molar-refractivity contribution in [2.75, 3.05) is 18.6 Å². The van der Waals surface area contributed by atoms with Crippen molar-refractivity contribution in [1.82, 2.24) is 5.32 Å². The second-order valence-electron chi connectivity index (χ2n) is 7.46. The molecule has 1 atom stereocenters. The van der Waals surface area contributed by atoms with Crippen molar-refractivity contribution in [3.05, 3.63) is 53.6 Å². The lowest BCUT2D eigenvalue weighted by Gasteiger charge is -2.34. The van der Waals surface area contributed by atoms with Gasteiger partial charge in [0.2, 0.25) is 5.91 Å². The molecule has 158 valence electrons. The zero-order chi connectivity index (χ0) is 21.8. The smallest absolute Gasteiger partial charge is 0.407 e. The number of ether oxygens (including phenoxy) is 2. The van der Waals surface area contributed by atoms with Crippen molar-refractivity contribution in [2.24, 2.45) is 0 Å². The van der Waals surface area contributed by atoms with Gasteiger partial charge in [0.05, 0.1) is 24.8 Å². The first-order chi connectivity index (χ1) is 14.3. The molecule has 0 radical (unpaired) electrons. The maximum absolute atomic E-state index is 12.2. The van der Waals surface area contributed by atoms with Crippen LogP contribution < -0.4 is 10.2 Å². The predicted molar refractivity (Wildman–Crippen MR) is 113 cm³/mol. The SMILES string of the molecule is COC(=O)c1cccc(-c2ccc3c(c2)C(NC(=O)OC(C)C)CCN3C(C)=O)c1. The topological polar surface area (TPSA) is 84.9 Å². The van der Waals surface area contributed by atoms with E-state index in [9.17, 15) is 14.4 Å². The normalized spacial score (nSPS) is 15.4. The van der Waals surface area contributed by atoms with Crippen molar-refractivity contribution in [3.8, 4) is 11.1 Å². The Balaban J connectivity index is 2.00. The molecule has 0 spiro atoms. The molecule has 0 saturated heterocycles. The summed E-state index contributed by atoms with van der Waals surface area (Å²) in [6.07, 6.45) is -0.143. The molecule has 1 N–H and O–H groups in total. The fourth-order valence-electron chi connectivity index (χ4n) is 3.60. The van der Waals surface area contributed by atoms with Gasteiger partial charge in [-0.2, -0.15) is 0 Å². The fraction of sp³-hybridized carbons (Fsp3) is 0.348. The summed E-state index contributed by atoms with van der Waals surface area (Å²) >= 11 is 0. The lowest BCUT2D eigenvalue weighted by Crippen LogP contribution is -2.40. The summed E-state index contributed by atoms with van der Waals surface area (Å²) in [5.74, 6) is -0.464. The number of alkyl carbamates (subject to hydrolysis) is 1. The third kappa shape index (κ3) is 4.62. The number of hydrogen-bond acceptors (Lipinski definition) is 5. The number of methoxy groups -OCH3 is 1. The van der Waals surface area contributed by atoms with Gasteiger partial charge < -0.3 is 19.7 Å². The number of hydrogen-bond donors (Lipinski definition) is 1. The zero-order valence-corrected chi connectivity index (χ0v) is 17.6. The number of nitrogens with one attached hydrogen (secondary N) is 1. The third-order valence-electron chi connectivity index (χ3n) is 4.97. The van der Waals surface area contributed by atoms with E-state index in [1.54, 1.807) is 36.9 Å². The lowest BCUT2D eigenvalue weighted by atomic mass is 9.92. The summed E-state index contributed by atoms with van der Waals surface area (Å²) in [4.78, 5) is 37.9. The van der Waals surface area contributed by atoms with Gasteiger partial charge in [0.25, 0.3) is 0 Å². The number of benzene rings is 2. The van der Waals surface area contributed by atoms with Crippen LogP contribution in [0.3, 0.4) is 0 Å². The van der Waals surface area contributed by atoms with Crippen LogP contribution in [0.5, 0.6) is 0 Å². The van der Waals surface area contributed by atoms with E-state index in [2.05, 4.69) is 5.32 Å². The van der Waals surface area contributed by atoms with Gasteiger partial charge in [0.1, 0.15) is 0 Å². The minimum absolute atomic E-state index is 0.0557. The standard InChI is InChI=1S/C23H26N2O5/c1-14(2)30-23(28)24-20-10-11-25(15(3)26)21-9-8-17(13-19(20)21)16-6-5-7-18(12-16)22(27)29-4/h5-9,12-14,20H,10-11H2,1-4H3,(H,24,28). The van der Waals surface area contributed by atoms with Gasteiger partial charge >= 0.3 is 12.1 Å². The molecule has 0 fully saturated rings. The van der Waals surface area contributed by atoms with E-state index in [4.69, 9.17) is 9.47 Å². The molecule has 2 aromatic rings. The van der Waals surface area contributed by atoms with Crippen molar-refractivity contribution in [3.63, 3.8) is 0 Å². The Kier molecular flexibility index (Phi) is 6.40. The van der Waals surface area contributed by atoms with Crippen molar-refractivity contribution in [1.29, 1.82) is 0 Å². The van der Waals surface area contributed by atoms with Gasteiger partial charge in [-0.1, -0.05) is 18.2 Å². The molecule has 30 heavy (non-hydrogen) atoms. The number of nitrogens with zero attached hydrogens (tertiary/aromatic N) is 1. The van der Waals surface area contributed by atoms with E-state index in [0.29, 0.717) is 18.5 Å². The van der Waals surface area contributed by atoms with E-state index in [0.717, 1.165) is 22.4 Å². The van der Waals surface area contributed by atoms with Crippen LogP contribution in [0.1, 0.15) is 49.2 Å². The summed E-state index contributed by atoms with van der Waals surface area (Å²) in [6, 6.07) is 12.6. The van der Waals surface area contributed by atoms with Crippen LogP contribution in [0.4, 0.5) is 10.5 Å². The summed E-state index contributed by atoms with van der Waals surface area (Å²) in [6.45, 7) is 5.61. The number of anilines is 1. The van der Waals surface area contributed by atoms with Crippen molar-refractivity contribution in [2.45, 2.75) is 39.3 Å². The second kappa shape index (κ2) is 8.98. The minimum Gasteiger partial charge on any atom is -0.465 e. The average Bonchev–Trinajstić information content (AvgIpc) is 2.72. The van der Waals surface area contributed by atoms with Crippen LogP contribution in [0.25, 0.3) is 11.1 Å². The molecule has 0 aromatic heterocycles. The van der Waals surface area contributed by atoms with E-state index < -0.39 is 12.1 Å². The first-order valence-electron chi connectivity index (χ1n) is 9.88. The van der Waals surface area contributed by atoms with Crippen LogP contribution in [-0.4, -0.2) is 37.7 Å². The Labute approximate surface area is 176 Å². The molecule has 2 aromatic carbocycles. The highest BCUT2D eigenvalue weighted by atomic mass is 16.6. The van der Waals surface area contributed by atoms with Gasteiger partial charge in [0.15, 0.2) is 0 Å². The molecule has 0 bridgehead atoms. The van der Waals surface area contributed by atoms with Crippen LogP contribution in [0, 0.1) is 0 Å². The van der Waals surface area contributed by atoms with Gasteiger partial charge in [0, 0.05) is 19.2 Å². The molecular formula is C23H26N2O5. The highest BCUT2D eigenvalue weighted by Crippen LogP contribution is 2.37. The van der Waals surface area contributed by atoms with Crippen LogP contribution >= 0.6 is 0 Å². The van der Waals surface area contributed by atoms with Gasteiger partial charge in [-0.3, -0.25) is 4.79 Å². The molecule has 7 nitrogen and oxygen atoms in total. The molecule has 2 amide bonds. The molecule has 1 aliphatic heterocycles. The highest BCUT2D eigenvalue weighted by Gasteiger charge is 2.29. The number of esters is 1. The van der Waals surface area contributed by atoms with E-state index in [-0.39, 0.29) is 18.1 Å². The fourth-order valence-corrected chi connectivity index (χ4v) is 3.60. The molecule has 3 rings (SSSR count).